The summed E-state index contributed by atoms with van der Waals surface area (Å²) in [6.45, 7) is 0.890. The highest BCUT2D eigenvalue weighted by Gasteiger charge is 2.36. The lowest BCUT2D eigenvalue weighted by Crippen LogP contribution is -2.42. The van der Waals surface area contributed by atoms with Gasteiger partial charge in [0.25, 0.3) is 11.5 Å². The predicted octanol–water partition coefficient (Wildman–Crippen LogP) is 0.362. The first kappa shape index (κ1) is 16.0. The van der Waals surface area contributed by atoms with Gasteiger partial charge in [0, 0.05) is 20.3 Å². The number of nitrogens with zero attached hydrogens (tertiary/aromatic N) is 3. The van der Waals surface area contributed by atoms with Crippen molar-refractivity contribution in [1.82, 2.24) is 19.5 Å². The number of aromatic nitrogens is 3. The Balaban J connectivity index is 2.02. The van der Waals surface area contributed by atoms with Crippen molar-refractivity contribution >= 4 is 23.3 Å². The van der Waals surface area contributed by atoms with Gasteiger partial charge in [0.15, 0.2) is 5.65 Å². The van der Waals surface area contributed by atoms with Crippen LogP contribution in [-0.4, -0.2) is 65.1 Å². The second kappa shape index (κ2) is 6.34. The molecule has 8 nitrogen and oxygen atoms in total. The molecule has 1 aliphatic rings. The van der Waals surface area contributed by atoms with Gasteiger partial charge in [0.05, 0.1) is 36.4 Å². The van der Waals surface area contributed by atoms with E-state index in [0.717, 1.165) is 5.03 Å². The summed E-state index contributed by atoms with van der Waals surface area (Å²) in [5.41, 5.74) is 0.830. The lowest BCUT2D eigenvalue weighted by atomic mass is 10.2. The Hall–Kier alpha value is -1.84. The molecular weight excluding hydrogens is 320 g/mol. The van der Waals surface area contributed by atoms with E-state index in [1.807, 2.05) is 6.26 Å². The summed E-state index contributed by atoms with van der Waals surface area (Å²) in [6.07, 6.45) is 1.90. The number of amides is 1. The van der Waals surface area contributed by atoms with E-state index in [-0.39, 0.29) is 29.7 Å². The zero-order valence-corrected chi connectivity index (χ0v) is 14.0. The van der Waals surface area contributed by atoms with Crippen molar-refractivity contribution in [3.8, 4) is 0 Å². The number of hydrogen-bond acceptors (Lipinski definition) is 6. The van der Waals surface area contributed by atoms with Gasteiger partial charge in [-0.25, -0.2) is 9.50 Å². The third-order valence-corrected chi connectivity index (χ3v) is 4.50. The molecule has 0 aliphatic carbocycles. The molecule has 23 heavy (non-hydrogen) atoms. The molecule has 3 rings (SSSR count). The summed E-state index contributed by atoms with van der Waals surface area (Å²) >= 11 is 1.48. The van der Waals surface area contributed by atoms with Gasteiger partial charge in [-0.1, -0.05) is 0 Å². The second-order valence-corrected chi connectivity index (χ2v) is 6.11. The molecule has 124 valence electrons. The molecule has 0 aromatic carbocycles. The minimum Gasteiger partial charge on any atom is -0.382 e. The molecule has 0 saturated carbocycles. The van der Waals surface area contributed by atoms with Crippen LogP contribution in [0, 0.1) is 0 Å². The van der Waals surface area contributed by atoms with Crippen LogP contribution in [0.4, 0.5) is 0 Å². The van der Waals surface area contributed by atoms with Crippen LogP contribution in [0.15, 0.2) is 15.9 Å². The molecule has 0 radical (unpaired) electrons. The fourth-order valence-electron chi connectivity index (χ4n) is 2.75. The van der Waals surface area contributed by atoms with Crippen molar-refractivity contribution in [2.24, 2.45) is 0 Å². The van der Waals surface area contributed by atoms with Crippen molar-refractivity contribution in [2.45, 2.75) is 17.6 Å². The predicted molar refractivity (Wildman–Crippen MR) is 85.0 cm³/mol. The Kier molecular flexibility index (Phi) is 4.42. The number of thioether (sulfide) groups is 1. The first-order valence-electron chi connectivity index (χ1n) is 7.08. The summed E-state index contributed by atoms with van der Waals surface area (Å²) in [5.74, 6) is -0.259. The zero-order valence-electron chi connectivity index (χ0n) is 13.2. The first-order chi connectivity index (χ1) is 11.1. The van der Waals surface area contributed by atoms with Gasteiger partial charge >= 0.3 is 0 Å². The smallest absolute Gasteiger partial charge is 0.278 e. The molecule has 0 spiro atoms. The summed E-state index contributed by atoms with van der Waals surface area (Å²) in [4.78, 5) is 31.2. The van der Waals surface area contributed by atoms with Gasteiger partial charge in [-0.2, -0.15) is 0 Å². The highest BCUT2D eigenvalue weighted by atomic mass is 32.2. The molecule has 1 N–H and O–H groups in total. The van der Waals surface area contributed by atoms with E-state index in [4.69, 9.17) is 9.47 Å². The molecule has 0 fully saturated rings. The van der Waals surface area contributed by atoms with E-state index >= 15 is 0 Å². The van der Waals surface area contributed by atoms with Crippen LogP contribution in [0.5, 0.6) is 0 Å². The molecular formula is C14H18N4O4S. The van der Waals surface area contributed by atoms with Gasteiger partial charge in [0.2, 0.25) is 0 Å². The number of rotatable bonds is 6. The van der Waals surface area contributed by atoms with Crippen LogP contribution in [0.3, 0.4) is 0 Å². The lowest BCUT2D eigenvalue weighted by Gasteiger charge is -2.26. The van der Waals surface area contributed by atoms with Gasteiger partial charge in [-0.15, -0.1) is 11.8 Å². The van der Waals surface area contributed by atoms with Crippen molar-refractivity contribution in [1.29, 1.82) is 0 Å². The lowest BCUT2D eigenvalue weighted by molar-refractivity contribution is 0.0300. The van der Waals surface area contributed by atoms with Crippen molar-refractivity contribution in [3.05, 3.63) is 27.7 Å². The van der Waals surface area contributed by atoms with Gasteiger partial charge < -0.3 is 14.4 Å². The normalized spacial score (nSPS) is 14.3. The average Bonchev–Trinajstić information content (AvgIpc) is 3.10. The quantitative estimate of drug-likeness (QED) is 0.765. The van der Waals surface area contributed by atoms with Crippen LogP contribution in [0.1, 0.15) is 16.1 Å². The zero-order chi connectivity index (χ0) is 16.6. The summed E-state index contributed by atoms with van der Waals surface area (Å²) < 4.78 is 11.7. The van der Waals surface area contributed by atoms with Crippen LogP contribution in [0.25, 0.3) is 5.65 Å². The van der Waals surface area contributed by atoms with Crippen molar-refractivity contribution in [2.75, 3.05) is 33.7 Å². The Morgan fingerprint density at radius 2 is 2.04 bits per heavy atom. The average molecular weight is 338 g/mol. The van der Waals surface area contributed by atoms with Crippen LogP contribution >= 0.6 is 11.8 Å². The molecule has 1 amide bonds. The Labute approximate surface area is 136 Å². The minimum absolute atomic E-state index is 0.216. The highest BCUT2D eigenvalue weighted by Crippen LogP contribution is 2.22. The van der Waals surface area contributed by atoms with Crippen LogP contribution < -0.4 is 5.56 Å². The Bertz CT molecular complexity index is 794. The van der Waals surface area contributed by atoms with Gasteiger partial charge in [-0.3, -0.25) is 14.7 Å². The number of aromatic amines is 1. The van der Waals surface area contributed by atoms with Crippen LogP contribution in [0.2, 0.25) is 0 Å². The largest absolute Gasteiger partial charge is 0.382 e. The summed E-state index contributed by atoms with van der Waals surface area (Å²) in [7, 11) is 3.13. The van der Waals surface area contributed by atoms with E-state index in [1.54, 1.807) is 25.2 Å². The topological polar surface area (TPSA) is 88.9 Å². The van der Waals surface area contributed by atoms with Crippen LogP contribution in [-0.2, 0) is 16.0 Å². The fraction of sp³-hybridized carbons (Fsp3) is 0.500. The maximum atomic E-state index is 12.6. The summed E-state index contributed by atoms with van der Waals surface area (Å²) in [6, 6.07) is 1.50. The number of fused-ring (bicyclic) bond motifs is 2. The third kappa shape index (κ3) is 2.64. The minimum atomic E-state index is -0.259. The van der Waals surface area contributed by atoms with Gasteiger partial charge in [0.1, 0.15) is 5.69 Å². The molecule has 9 heteroatoms. The van der Waals surface area contributed by atoms with E-state index in [9.17, 15) is 9.59 Å². The molecule has 1 aliphatic heterocycles. The van der Waals surface area contributed by atoms with Crippen molar-refractivity contribution < 1.29 is 14.3 Å². The Morgan fingerprint density at radius 3 is 2.65 bits per heavy atom. The Morgan fingerprint density at radius 1 is 1.35 bits per heavy atom. The number of methoxy groups -OCH3 is 2. The number of carbonyl (C=O) groups is 1. The number of carbonyl (C=O) groups excluding carboxylic acids is 1. The van der Waals surface area contributed by atoms with E-state index in [0.29, 0.717) is 24.4 Å². The molecule has 0 bridgehead atoms. The van der Waals surface area contributed by atoms with Gasteiger partial charge in [-0.05, 0) is 6.26 Å². The molecule has 3 heterocycles. The number of ether oxygens (including phenoxy) is 2. The number of nitrogens with one attached hydrogen (secondary N) is 1. The first-order valence-corrected chi connectivity index (χ1v) is 8.30. The van der Waals surface area contributed by atoms with E-state index < -0.39 is 0 Å². The molecule has 2 aromatic heterocycles. The monoisotopic (exact) mass is 338 g/mol. The maximum absolute atomic E-state index is 12.6. The molecule has 2 aromatic rings. The SMILES string of the molecule is COCC(COC)N1Cc2c(nc3cc(SC)[nH]n3c2=O)C1=O. The highest BCUT2D eigenvalue weighted by molar-refractivity contribution is 7.98. The molecule has 0 saturated heterocycles. The standard InChI is InChI=1S/C14H18N4O4S/c1-21-6-8(7-22-2)17-5-9-12(14(17)20)15-10-4-11(23-3)16-18(10)13(9)19/h4,8,16H,5-7H2,1-3H3. The van der Waals surface area contributed by atoms with E-state index in [1.165, 1.54) is 16.3 Å². The maximum Gasteiger partial charge on any atom is 0.278 e. The number of H-pyrrole nitrogens is 1. The fourth-order valence-corrected chi connectivity index (χ4v) is 3.15. The third-order valence-electron chi connectivity index (χ3n) is 3.86. The second-order valence-electron chi connectivity index (χ2n) is 5.26. The summed E-state index contributed by atoms with van der Waals surface area (Å²) in [5, 5.41) is 3.80. The molecule has 0 atom stereocenters. The number of hydrogen-bond donors (Lipinski definition) is 1. The molecule has 0 unspecified atom stereocenters. The van der Waals surface area contributed by atoms with E-state index in [2.05, 4.69) is 10.1 Å². The van der Waals surface area contributed by atoms with Crippen molar-refractivity contribution in [3.63, 3.8) is 0 Å².